The van der Waals surface area contributed by atoms with Gasteiger partial charge in [0.2, 0.25) is 10.0 Å². The minimum absolute atomic E-state index is 0.209. The molecule has 1 aliphatic heterocycles. The van der Waals surface area contributed by atoms with Crippen LogP contribution < -0.4 is 14.4 Å². The number of rotatable bonds is 9. The Hall–Kier alpha value is -2.09. The molecule has 1 fully saturated rings. The number of ether oxygens (including phenoxy) is 1. The van der Waals surface area contributed by atoms with Crippen LogP contribution in [0.2, 0.25) is 0 Å². The van der Waals surface area contributed by atoms with Crippen molar-refractivity contribution >= 4 is 15.7 Å². The van der Waals surface area contributed by atoms with E-state index < -0.39 is 10.0 Å². The first kappa shape index (κ1) is 22.6. The van der Waals surface area contributed by atoms with Crippen LogP contribution in [-0.4, -0.2) is 60.2 Å². The SMILES string of the molecule is CCc1ccc(OC)c(S(=O)(=O)NCCCc2ccc(N3CCN(C)CC3)cc2)c1. The molecule has 164 valence electrons. The maximum absolute atomic E-state index is 12.7. The van der Waals surface area contributed by atoms with Gasteiger partial charge in [0.1, 0.15) is 10.6 Å². The Morgan fingerprint density at radius 1 is 1.00 bits per heavy atom. The summed E-state index contributed by atoms with van der Waals surface area (Å²) in [6.45, 7) is 6.69. The van der Waals surface area contributed by atoms with Gasteiger partial charge in [0.15, 0.2) is 0 Å². The summed E-state index contributed by atoms with van der Waals surface area (Å²) in [5.41, 5.74) is 3.45. The molecule has 0 unspecified atom stereocenters. The van der Waals surface area contributed by atoms with Crippen molar-refractivity contribution in [3.05, 3.63) is 53.6 Å². The number of sulfonamides is 1. The van der Waals surface area contributed by atoms with Crippen molar-refractivity contribution in [2.45, 2.75) is 31.1 Å². The number of likely N-dealkylation sites (N-methyl/N-ethyl adjacent to an activating group) is 1. The van der Waals surface area contributed by atoms with Gasteiger partial charge in [-0.2, -0.15) is 0 Å². The molecule has 30 heavy (non-hydrogen) atoms. The molecular weight excluding hydrogens is 398 g/mol. The monoisotopic (exact) mass is 431 g/mol. The maximum atomic E-state index is 12.7. The van der Waals surface area contributed by atoms with E-state index in [2.05, 4.69) is 45.8 Å². The molecule has 2 aromatic rings. The van der Waals surface area contributed by atoms with Crippen LogP contribution >= 0.6 is 0 Å². The zero-order valence-corrected chi connectivity index (χ0v) is 19.0. The van der Waals surface area contributed by atoms with Crippen LogP contribution in [0.3, 0.4) is 0 Å². The van der Waals surface area contributed by atoms with Crippen molar-refractivity contribution in [1.29, 1.82) is 0 Å². The molecule has 0 atom stereocenters. The average Bonchev–Trinajstić information content (AvgIpc) is 2.77. The van der Waals surface area contributed by atoms with Crippen LogP contribution in [0.15, 0.2) is 47.4 Å². The van der Waals surface area contributed by atoms with Gasteiger partial charge in [-0.05, 0) is 61.7 Å². The second-order valence-corrected chi connectivity index (χ2v) is 9.53. The molecule has 1 N–H and O–H groups in total. The van der Waals surface area contributed by atoms with Crippen molar-refractivity contribution in [2.75, 3.05) is 51.8 Å². The number of aryl methyl sites for hydroxylation is 2. The third kappa shape index (κ3) is 5.74. The Kier molecular flexibility index (Phi) is 7.75. The van der Waals surface area contributed by atoms with E-state index in [1.54, 1.807) is 12.1 Å². The summed E-state index contributed by atoms with van der Waals surface area (Å²) < 4.78 is 33.4. The first-order chi connectivity index (χ1) is 14.4. The second-order valence-electron chi connectivity index (χ2n) is 7.80. The summed E-state index contributed by atoms with van der Waals surface area (Å²) in [7, 11) is 0.0484. The first-order valence-corrected chi connectivity index (χ1v) is 12.1. The van der Waals surface area contributed by atoms with Gasteiger partial charge in [-0.3, -0.25) is 0 Å². The zero-order chi connectivity index (χ0) is 21.6. The summed E-state index contributed by atoms with van der Waals surface area (Å²) in [6.07, 6.45) is 2.34. The lowest BCUT2D eigenvalue weighted by molar-refractivity contribution is 0.313. The lowest BCUT2D eigenvalue weighted by Gasteiger charge is -2.34. The summed E-state index contributed by atoms with van der Waals surface area (Å²) >= 11 is 0. The molecule has 0 bridgehead atoms. The average molecular weight is 432 g/mol. The number of nitrogens with one attached hydrogen (secondary N) is 1. The van der Waals surface area contributed by atoms with Gasteiger partial charge in [0.05, 0.1) is 7.11 Å². The number of anilines is 1. The number of nitrogens with zero attached hydrogens (tertiary/aromatic N) is 2. The highest BCUT2D eigenvalue weighted by Gasteiger charge is 2.19. The minimum Gasteiger partial charge on any atom is -0.495 e. The molecule has 2 aromatic carbocycles. The van der Waals surface area contributed by atoms with E-state index >= 15 is 0 Å². The normalized spacial score (nSPS) is 15.4. The molecule has 6 nitrogen and oxygen atoms in total. The van der Waals surface area contributed by atoms with Gasteiger partial charge < -0.3 is 14.5 Å². The Morgan fingerprint density at radius 2 is 1.67 bits per heavy atom. The molecule has 0 saturated carbocycles. The van der Waals surface area contributed by atoms with Crippen LogP contribution in [0.25, 0.3) is 0 Å². The highest BCUT2D eigenvalue weighted by Crippen LogP contribution is 2.25. The fourth-order valence-electron chi connectivity index (χ4n) is 3.67. The summed E-state index contributed by atoms with van der Waals surface area (Å²) in [4.78, 5) is 4.97. The minimum atomic E-state index is -3.60. The molecule has 1 heterocycles. The molecule has 1 saturated heterocycles. The van der Waals surface area contributed by atoms with Crippen LogP contribution in [0.4, 0.5) is 5.69 Å². The lowest BCUT2D eigenvalue weighted by atomic mass is 10.1. The highest BCUT2D eigenvalue weighted by molar-refractivity contribution is 7.89. The maximum Gasteiger partial charge on any atom is 0.244 e. The molecule has 1 aliphatic rings. The molecule has 3 rings (SSSR count). The van der Waals surface area contributed by atoms with Crippen molar-refractivity contribution in [3.63, 3.8) is 0 Å². The predicted molar refractivity (Wildman–Crippen MR) is 122 cm³/mol. The molecule has 0 amide bonds. The van der Waals surface area contributed by atoms with Gasteiger partial charge in [-0.1, -0.05) is 25.1 Å². The van der Waals surface area contributed by atoms with Gasteiger partial charge in [-0.15, -0.1) is 0 Å². The van der Waals surface area contributed by atoms with E-state index in [0.717, 1.165) is 51.0 Å². The van der Waals surface area contributed by atoms with Crippen LogP contribution in [0.1, 0.15) is 24.5 Å². The Balaban J connectivity index is 1.52. The quantitative estimate of drug-likeness (QED) is 0.619. The van der Waals surface area contributed by atoms with E-state index in [4.69, 9.17) is 4.74 Å². The Bertz CT molecular complexity index is 921. The second kappa shape index (κ2) is 10.3. The number of benzene rings is 2. The first-order valence-electron chi connectivity index (χ1n) is 10.6. The Morgan fingerprint density at radius 3 is 2.30 bits per heavy atom. The smallest absolute Gasteiger partial charge is 0.244 e. The van der Waals surface area contributed by atoms with Crippen molar-refractivity contribution in [2.24, 2.45) is 0 Å². The lowest BCUT2D eigenvalue weighted by Crippen LogP contribution is -2.44. The largest absolute Gasteiger partial charge is 0.495 e. The van der Waals surface area contributed by atoms with E-state index in [0.29, 0.717) is 12.3 Å². The van der Waals surface area contributed by atoms with Crippen LogP contribution in [-0.2, 0) is 22.9 Å². The highest BCUT2D eigenvalue weighted by atomic mass is 32.2. The molecule has 0 radical (unpaired) electrons. The van der Waals surface area contributed by atoms with Gasteiger partial charge in [0.25, 0.3) is 0 Å². The molecular formula is C23H33N3O3S. The van der Waals surface area contributed by atoms with Gasteiger partial charge >= 0.3 is 0 Å². The standard InChI is InChI=1S/C23H33N3O3S/c1-4-19-9-12-22(29-3)23(18-19)30(27,28)24-13-5-6-20-7-10-21(11-8-20)26-16-14-25(2)15-17-26/h7-12,18,24H,4-6,13-17H2,1-3H3. The van der Waals surface area contributed by atoms with E-state index in [1.807, 2.05) is 13.0 Å². The predicted octanol–water partition coefficient (Wildman–Crippen LogP) is 2.92. The van der Waals surface area contributed by atoms with Crippen molar-refractivity contribution in [3.8, 4) is 5.75 Å². The Labute approximate surface area is 180 Å². The third-order valence-electron chi connectivity index (χ3n) is 5.66. The molecule has 0 spiro atoms. The number of methoxy groups -OCH3 is 1. The zero-order valence-electron chi connectivity index (χ0n) is 18.2. The molecule has 0 aliphatic carbocycles. The topological polar surface area (TPSA) is 61.9 Å². The van der Waals surface area contributed by atoms with Crippen LogP contribution in [0, 0.1) is 0 Å². The van der Waals surface area contributed by atoms with Crippen molar-refractivity contribution in [1.82, 2.24) is 9.62 Å². The van der Waals surface area contributed by atoms with E-state index in [9.17, 15) is 8.42 Å². The number of hydrogen-bond donors (Lipinski definition) is 1. The third-order valence-corrected chi connectivity index (χ3v) is 7.15. The summed E-state index contributed by atoms with van der Waals surface area (Å²) in [6, 6.07) is 13.9. The molecule has 0 aromatic heterocycles. The van der Waals surface area contributed by atoms with Crippen molar-refractivity contribution < 1.29 is 13.2 Å². The summed E-state index contributed by atoms with van der Waals surface area (Å²) in [5.74, 6) is 0.374. The van der Waals surface area contributed by atoms with E-state index in [1.165, 1.54) is 18.4 Å². The number of piperazine rings is 1. The van der Waals surface area contributed by atoms with Gasteiger partial charge in [-0.25, -0.2) is 13.1 Å². The number of hydrogen-bond acceptors (Lipinski definition) is 5. The summed E-state index contributed by atoms with van der Waals surface area (Å²) in [5, 5.41) is 0. The van der Waals surface area contributed by atoms with Crippen LogP contribution in [0.5, 0.6) is 5.75 Å². The van der Waals surface area contributed by atoms with E-state index in [-0.39, 0.29) is 4.90 Å². The fraction of sp³-hybridized carbons (Fsp3) is 0.478. The van der Waals surface area contributed by atoms with Gasteiger partial charge in [0, 0.05) is 38.4 Å². The fourth-order valence-corrected chi connectivity index (χ4v) is 4.96. The molecule has 7 heteroatoms.